The number of hydrogen-bond acceptors (Lipinski definition) is 5. The lowest BCUT2D eigenvalue weighted by atomic mass is 10.0. The molecule has 0 saturated carbocycles. The Morgan fingerprint density at radius 1 is 1.44 bits per heavy atom. The molecule has 0 aromatic carbocycles. The van der Waals surface area contributed by atoms with E-state index in [4.69, 9.17) is 0 Å². The van der Waals surface area contributed by atoms with Crippen LogP contribution in [-0.4, -0.2) is 34.4 Å². The van der Waals surface area contributed by atoms with Crippen molar-refractivity contribution in [2.75, 3.05) is 7.11 Å². The number of rotatable bonds is 3. The van der Waals surface area contributed by atoms with E-state index in [1.165, 1.54) is 0 Å². The highest BCUT2D eigenvalue weighted by molar-refractivity contribution is 5.75. The lowest BCUT2D eigenvalue weighted by Crippen LogP contribution is -2.30. The van der Waals surface area contributed by atoms with Gasteiger partial charge in [0.05, 0.1) is 12.7 Å². The molecule has 2 atom stereocenters. The van der Waals surface area contributed by atoms with E-state index >= 15 is 0 Å². The van der Waals surface area contributed by atoms with Crippen molar-refractivity contribution in [3.63, 3.8) is 0 Å². The van der Waals surface area contributed by atoms with E-state index in [-0.39, 0.29) is 0 Å². The number of ether oxygens (including phenoxy) is 1. The topological polar surface area (TPSA) is 79.7 Å². The molecule has 1 aromatic rings. The summed E-state index contributed by atoms with van der Waals surface area (Å²) in [6, 6.07) is 0.641. The first-order chi connectivity index (χ1) is 8.29. The molecule has 0 spiro atoms. The zero-order valence-corrected chi connectivity index (χ0v) is 9.18. The maximum Gasteiger partial charge on any atom is 0.416 e. The van der Waals surface area contributed by atoms with Gasteiger partial charge in [0.25, 0.3) is 0 Å². The van der Waals surface area contributed by atoms with E-state index in [1.807, 2.05) is 0 Å². The minimum atomic E-state index is -4.73. The predicted molar refractivity (Wildman–Crippen MR) is 52.2 cm³/mol. The molecule has 0 bridgehead atoms. The Bertz CT molecular complexity index is 435. The molecule has 0 aliphatic carbocycles. The lowest BCUT2D eigenvalue weighted by Gasteiger charge is -2.19. The van der Waals surface area contributed by atoms with Gasteiger partial charge in [-0.05, 0) is 6.07 Å². The minimum absolute atomic E-state index is 0.641. The number of carbonyl (C=O) groups is 1. The maximum atomic E-state index is 12.6. The van der Waals surface area contributed by atoms with Gasteiger partial charge in [-0.3, -0.25) is 4.98 Å². The number of aromatic nitrogens is 1. The van der Waals surface area contributed by atoms with Gasteiger partial charge in [0.2, 0.25) is 0 Å². The molecule has 0 aliphatic heterocycles. The second kappa shape index (κ2) is 5.32. The molecule has 0 radical (unpaired) electrons. The van der Waals surface area contributed by atoms with Crippen LogP contribution in [0.3, 0.4) is 0 Å². The van der Waals surface area contributed by atoms with Gasteiger partial charge in [-0.2, -0.15) is 13.2 Å². The molecule has 0 fully saturated rings. The Morgan fingerprint density at radius 3 is 2.56 bits per heavy atom. The number of methoxy groups -OCH3 is 1. The van der Waals surface area contributed by atoms with Crippen LogP contribution in [0.4, 0.5) is 13.2 Å². The van der Waals surface area contributed by atoms with Crippen LogP contribution in [0.15, 0.2) is 18.5 Å². The first-order valence-electron chi connectivity index (χ1n) is 4.74. The first-order valence-corrected chi connectivity index (χ1v) is 4.74. The Labute approximate surface area is 99.8 Å². The summed E-state index contributed by atoms with van der Waals surface area (Å²) < 4.78 is 42.0. The quantitative estimate of drug-likeness (QED) is 0.785. The molecule has 2 N–H and O–H groups in total. The third kappa shape index (κ3) is 2.96. The van der Waals surface area contributed by atoms with Crippen molar-refractivity contribution in [1.82, 2.24) is 4.98 Å². The number of aliphatic hydroxyl groups is 2. The number of alkyl halides is 3. The molecule has 0 aliphatic rings. The number of pyridine rings is 1. The largest absolute Gasteiger partial charge is 0.467 e. The molecule has 100 valence electrons. The van der Waals surface area contributed by atoms with Crippen LogP contribution >= 0.6 is 0 Å². The second-order valence-electron chi connectivity index (χ2n) is 3.37. The van der Waals surface area contributed by atoms with Crippen molar-refractivity contribution >= 4 is 5.97 Å². The van der Waals surface area contributed by atoms with Crippen LogP contribution in [0.25, 0.3) is 0 Å². The summed E-state index contributed by atoms with van der Waals surface area (Å²) in [5, 5.41) is 18.9. The van der Waals surface area contributed by atoms with Crippen molar-refractivity contribution in [2.45, 2.75) is 18.4 Å². The van der Waals surface area contributed by atoms with Crippen molar-refractivity contribution in [2.24, 2.45) is 0 Å². The van der Waals surface area contributed by atoms with E-state index < -0.39 is 35.5 Å². The van der Waals surface area contributed by atoms with Crippen molar-refractivity contribution in [3.8, 4) is 0 Å². The fourth-order valence-corrected chi connectivity index (χ4v) is 1.32. The number of halogens is 3. The van der Waals surface area contributed by atoms with E-state index in [0.29, 0.717) is 6.07 Å². The highest BCUT2D eigenvalue weighted by Crippen LogP contribution is 2.34. The molecule has 0 saturated heterocycles. The summed E-state index contributed by atoms with van der Waals surface area (Å²) in [4.78, 5) is 14.4. The van der Waals surface area contributed by atoms with Gasteiger partial charge in [-0.1, -0.05) is 0 Å². The number of hydrogen-bond donors (Lipinski definition) is 2. The molecular weight excluding hydrogens is 255 g/mol. The van der Waals surface area contributed by atoms with Gasteiger partial charge >= 0.3 is 12.1 Å². The molecule has 0 amide bonds. The average molecular weight is 265 g/mol. The van der Waals surface area contributed by atoms with Gasteiger partial charge < -0.3 is 14.9 Å². The third-order valence-electron chi connectivity index (χ3n) is 2.22. The standard InChI is InChI=1S/C10H10F3NO4/c1-18-9(17)8(16)7(15)5-4-14-3-2-6(5)10(11,12)13/h2-4,7-8,15-16H,1H3. The van der Waals surface area contributed by atoms with Gasteiger partial charge in [-0.25, -0.2) is 4.79 Å². The smallest absolute Gasteiger partial charge is 0.416 e. The molecule has 1 aromatic heterocycles. The monoisotopic (exact) mass is 265 g/mol. The fraction of sp³-hybridized carbons (Fsp3) is 0.400. The van der Waals surface area contributed by atoms with E-state index in [0.717, 1.165) is 19.5 Å². The molecule has 18 heavy (non-hydrogen) atoms. The van der Waals surface area contributed by atoms with Crippen LogP contribution < -0.4 is 0 Å². The lowest BCUT2D eigenvalue weighted by molar-refractivity contribution is -0.158. The fourth-order valence-electron chi connectivity index (χ4n) is 1.32. The number of aliphatic hydroxyl groups excluding tert-OH is 2. The van der Waals surface area contributed by atoms with Gasteiger partial charge in [0.1, 0.15) is 6.10 Å². The summed E-state index contributed by atoms with van der Waals surface area (Å²) in [6.07, 6.45) is -7.28. The van der Waals surface area contributed by atoms with E-state index in [1.54, 1.807) is 0 Å². The summed E-state index contributed by atoms with van der Waals surface area (Å²) in [6.45, 7) is 0. The molecular formula is C10H10F3NO4. The third-order valence-corrected chi connectivity index (χ3v) is 2.22. The molecule has 5 nitrogen and oxygen atoms in total. The van der Waals surface area contributed by atoms with E-state index in [9.17, 15) is 28.2 Å². The number of carbonyl (C=O) groups excluding carboxylic acids is 1. The molecule has 8 heteroatoms. The maximum absolute atomic E-state index is 12.6. The Kier molecular flexibility index (Phi) is 4.25. The Balaban J connectivity index is 3.14. The van der Waals surface area contributed by atoms with Crippen molar-refractivity contribution < 1.29 is 32.9 Å². The zero-order chi connectivity index (χ0) is 13.9. The second-order valence-corrected chi connectivity index (χ2v) is 3.37. The highest BCUT2D eigenvalue weighted by Gasteiger charge is 2.38. The van der Waals surface area contributed by atoms with Gasteiger partial charge in [0, 0.05) is 18.0 Å². The first kappa shape index (κ1) is 14.4. The highest BCUT2D eigenvalue weighted by atomic mass is 19.4. The Hall–Kier alpha value is -1.67. The van der Waals surface area contributed by atoms with Crippen molar-refractivity contribution in [3.05, 3.63) is 29.6 Å². The van der Waals surface area contributed by atoms with Crippen LogP contribution in [0.2, 0.25) is 0 Å². The molecule has 2 unspecified atom stereocenters. The summed E-state index contributed by atoms with van der Waals surface area (Å²) >= 11 is 0. The van der Waals surface area contributed by atoms with Crippen LogP contribution in [0.5, 0.6) is 0 Å². The van der Waals surface area contributed by atoms with E-state index in [2.05, 4.69) is 9.72 Å². The van der Waals surface area contributed by atoms with Crippen LogP contribution in [0, 0.1) is 0 Å². The SMILES string of the molecule is COC(=O)C(O)C(O)c1cnccc1C(F)(F)F. The van der Waals surface area contributed by atoms with Crippen LogP contribution in [-0.2, 0) is 15.7 Å². The zero-order valence-electron chi connectivity index (χ0n) is 9.18. The average Bonchev–Trinajstić information content (AvgIpc) is 2.35. The van der Waals surface area contributed by atoms with Gasteiger partial charge in [0.15, 0.2) is 6.10 Å². The molecule has 1 heterocycles. The Morgan fingerprint density at radius 2 is 2.06 bits per heavy atom. The number of nitrogens with zero attached hydrogens (tertiary/aromatic N) is 1. The summed E-state index contributed by atoms with van der Waals surface area (Å²) in [5.74, 6) is -1.24. The van der Waals surface area contributed by atoms with Gasteiger partial charge in [-0.15, -0.1) is 0 Å². The predicted octanol–water partition coefficient (Wildman–Crippen LogP) is 0.668. The summed E-state index contributed by atoms with van der Waals surface area (Å²) in [7, 11) is 0.937. The number of esters is 1. The summed E-state index contributed by atoms with van der Waals surface area (Å²) in [5.41, 5.74) is -1.86. The van der Waals surface area contributed by atoms with Crippen LogP contribution in [0.1, 0.15) is 17.2 Å². The van der Waals surface area contributed by atoms with Crippen molar-refractivity contribution in [1.29, 1.82) is 0 Å². The molecule has 1 rings (SSSR count). The minimum Gasteiger partial charge on any atom is -0.467 e. The normalized spacial score (nSPS) is 15.0.